The van der Waals surface area contributed by atoms with Gasteiger partial charge in [-0.2, -0.15) is 0 Å². The molecule has 0 amide bonds. The van der Waals surface area contributed by atoms with Crippen LogP contribution in [0.15, 0.2) is 0 Å². The molecule has 1 aliphatic heterocycles. The van der Waals surface area contributed by atoms with Gasteiger partial charge in [-0.1, -0.05) is 20.8 Å². The summed E-state index contributed by atoms with van der Waals surface area (Å²) >= 11 is 0. The molecule has 4 unspecified atom stereocenters. The van der Waals surface area contributed by atoms with Crippen molar-refractivity contribution in [1.82, 2.24) is 10.2 Å². The van der Waals surface area contributed by atoms with Crippen molar-refractivity contribution in [3.63, 3.8) is 0 Å². The minimum atomic E-state index is 0.708. The van der Waals surface area contributed by atoms with E-state index in [0.29, 0.717) is 6.04 Å². The molecular weight excluding hydrogens is 244 g/mol. The van der Waals surface area contributed by atoms with Crippen LogP contribution in [0.5, 0.6) is 0 Å². The van der Waals surface area contributed by atoms with E-state index in [1.54, 1.807) is 0 Å². The molecule has 0 aromatic rings. The molecule has 1 saturated heterocycles. The number of nitrogens with zero attached hydrogens (tertiary/aromatic N) is 1. The molecule has 2 nitrogen and oxygen atoms in total. The monoisotopic (exact) mass is 280 g/mol. The number of likely N-dealkylation sites (tertiary alicyclic amines) is 1. The largest absolute Gasteiger partial charge is 0.311 e. The lowest BCUT2D eigenvalue weighted by atomic mass is 9.79. The first kappa shape index (κ1) is 16.3. The maximum Gasteiger partial charge on any atom is 0.00954 e. The second-order valence-corrected chi connectivity index (χ2v) is 7.64. The fraction of sp³-hybridized carbons (Fsp3) is 1.00. The summed E-state index contributed by atoms with van der Waals surface area (Å²) in [7, 11) is 0. The van der Waals surface area contributed by atoms with Crippen molar-refractivity contribution in [1.29, 1.82) is 0 Å². The summed E-state index contributed by atoms with van der Waals surface area (Å²) in [5.41, 5.74) is 0. The van der Waals surface area contributed by atoms with Crippen molar-refractivity contribution in [3.05, 3.63) is 0 Å². The molecule has 1 aliphatic carbocycles. The quantitative estimate of drug-likeness (QED) is 0.821. The molecule has 1 saturated carbocycles. The molecule has 118 valence electrons. The molecule has 2 aliphatic rings. The Labute approximate surface area is 126 Å². The van der Waals surface area contributed by atoms with Crippen molar-refractivity contribution in [2.24, 2.45) is 17.8 Å². The first-order valence-corrected chi connectivity index (χ1v) is 9.08. The molecule has 0 aromatic carbocycles. The van der Waals surface area contributed by atoms with E-state index >= 15 is 0 Å². The van der Waals surface area contributed by atoms with Crippen LogP contribution in [0.25, 0.3) is 0 Å². The number of nitrogens with one attached hydrogen (secondary N) is 1. The zero-order valence-corrected chi connectivity index (χ0v) is 14.2. The van der Waals surface area contributed by atoms with Crippen molar-refractivity contribution in [2.45, 2.75) is 78.3 Å². The van der Waals surface area contributed by atoms with Gasteiger partial charge in [0.15, 0.2) is 0 Å². The van der Waals surface area contributed by atoms with Crippen LogP contribution in [-0.2, 0) is 0 Å². The van der Waals surface area contributed by atoms with Crippen molar-refractivity contribution in [3.8, 4) is 0 Å². The number of piperidine rings is 1. The Morgan fingerprint density at radius 3 is 2.40 bits per heavy atom. The molecule has 4 atom stereocenters. The van der Waals surface area contributed by atoms with Crippen LogP contribution in [0.4, 0.5) is 0 Å². The van der Waals surface area contributed by atoms with E-state index in [0.717, 1.165) is 23.8 Å². The van der Waals surface area contributed by atoms with Gasteiger partial charge in [0.05, 0.1) is 0 Å². The summed E-state index contributed by atoms with van der Waals surface area (Å²) in [5.74, 6) is 2.70. The van der Waals surface area contributed by atoms with Gasteiger partial charge in [-0.15, -0.1) is 0 Å². The summed E-state index contributed by atoms with van der Waals surface area (Å²) in [6.07, 6.45) is 8.32. The second kappa shape index (κ2) is 7.79. The third kappa shape index (κ3) is 4.46. The summed E-state index contributed by atoms with van der Waals surface area (Å²) < 4.78 is 0. The Hall–Kier alpha value is -0.0800. The Morgan fingerprint density at radius 1 is 1.10 bits per heavy atom. The highest BCUT2D eigenvalue weighted by Crippen LogP contribution is 2.30. The fourth-order valence-electron chi connectivity index (χ4n) is 4.38. The van der Waals surface area contributed by atoms with Gasteiger partial charge in [-0.25, -0.2) is 0 Å². The first-order chi connectivity index (χ1) is 9.60. The lowest BCUT2D eigenvalue weighted by Crippen LogP contribution is -2.48. The minimum absolute atomic E-state index is 0.708. The molecule has 0 bridgehead atoms. The second-order valence-electron chi connectivity index (χ2n) is 7.64. The van der Waals surface area contributed by atoms with E-state index < -0.39 is 0 Å². The smallest absolute Gasteiger partial charge is 0.00954 e. The van der Waals surface area contributed by atoms with E-state index in [2.05, 4.69) is 37.9 Å². The minimum Gasteiger partial charge on any atom is -0.311 e. The zero-order valence-electron chi connectivity index (χ0n) is 14.2. The van der Waals surface area contributed by atoms with Crippen LogP contribution in [0.1, 0.15) is 66.2 Å². The Bertz CT molecular complexity index is 271. The van der Waals surface area contributed by atoms with Crippen LogP contribution in [-0.4, -0.2) is 36.6 Å². The van der Waals surface area contributed by atoms with Gasteiger partial charge in [-0.05, 0) is 82.8 Å². The highest BCUT2D eigenvalue weighted by atomic mass is 15.1. The van der Waals surface area contributed by atoms with E-state index in [4.69, 9.17) is 0 Å². The normalized spacial score (nSPS) is 35.1. The molecule has 2 fully saturated rings. The average Bonchev–Trinajstić information content (AvgIpc) is 2.43. The molecule has 0 spiro atoms. The maximum atomic E-state index is 3.99. The third-order valence-corrected chi connectivity index (χ3v) is 5.79. The number of rotatable bonds is 5. The number of hydrogen-bond donors (Lipinski definition) is 1. The zero-order chi connectivity index (χ0) is 14.5. The van der Waals surface area contributed by atoms with Gasteiger partial charge in [0.2, 0.25) is 0 Å². The van der Waals surface area contributed by atoms with Crippen LogP contribution in [0.3, 0.4) is 0 Å². The van der Waals surface area contributed by atoms with Gasteiger partial charge in [0.1, 0.15) is 0 Å². The number of hydrogen-bond acceptors (Lipinski definition) is 2. The van der Waals surface area contributed by atoms with Crippen molar-refractivity contribution >= 4 is 0 Å². The molecule has 0 radical (unpaired) electrons. The lowest BCUT2D eigenvalue weighted by Gasteiger charge is -2.40. The predicted octanol–water partition coefficient (Wildman–Crippen LogP) is 3.91. The summed E-state index contributed by atoms with van der Waals surface area (Å²) in [5, 5.41) is 3.99. The van der Waals surface area contributed by atoms with E-state index in [1.807, 2.05) is 0 Å². The molecule has 1 heterocycles. The summed E-state index contributed by atoms with van der Waals surface area (Å²) in [4.78, 5) is 2.65. The maximum absolute atomic E-state index is 3.99. The van der Waals surface area contributed by atoms with Gasteiger partial charge in [0, 0.05) is 12.1 Å². The SMILES string of the molecule is CCCN1CCC(C(C)NC2CCC(C)CC2C)CC1. The van der Waals surface area contributed by atoms with Crippen LogP contribution < -0.4 is 5.32 Å². The topological polar surface area (TPSA) is 15.3 Å². The lowest BCUT2D eigenvalue weighted by molar-refractivity contribution is 0.141. The Morgan fingerprint density at radius 2 is 1.80 bits per heavy atom. The summed E-state index contributed by atoms with van der Waals surface area (Å²) in [6.45, 7) is 13.5. The highest BCUT2D eigenvalue weighted by Gasteiger charge is 2.29. The van der Waals surface area contributed by atoms with Crippen LogP contribution in [0.2, 0.25) is 0 Å². The van der Waals surface area contributed by atoms with Crippen LogP contribution >= 0.6 is 0 Å². The van der Waals surface area contributed by atoms with Gasteiger partial charge >= 0.3 is 0 Å². The average molecular weight is 280 g/mol. The molecule has 2 heteroatoms. The first-order valence-electron chi connectivity index (χ1n) is 9.08. The van der Waals surface area contributed by atoms with Crippen LogP contribution in [0, 0.1) is 17.8 Å². The molecule has 20 heavy (non-hydrogen) atoms. The highest BCUT2D eigenvalue weighted by molar-refractivity contribution is 4.86. The molecular formula is C18H36N2. The Balaban J connectivity index is 1.73. The fourth-order valence-corrected chi connectivity index (χ4v) is 4.38. The van der Waals surface area contributed by atoms with E-state index in [9.17, 15) is 0 Å². The van der Waals surface area contributed by atoms with Crippen molar-refractivity contribution < 1.29 is 0 Å². The predicted molar refractivity (Wildman–Crippen MR) is 88.0 cm³/mol. The standard InChI is InChI=1S/C18H36N2/c1-5-10-20-11-8-17(9-12-20)16(4)19-18-7-6-14(2)13-15(18)3/h14-19H,5-13H2,1-4H3. The van der Waals surface area contributed by atoms with Crippen molar-refractivity contribution in [2.75, 3.05) is 19.6 Å². The van der Waals surface area contributed by atoms with E-state index in [-0.39, 0.29) is 0 Å². The molecule has 2 rings (SSSR count). The molecule has 1 N–H and O–H groups in total. The van der Waals surface area contributed by atoms with Gasteiger partial charge < -0.3 is 10.2 Å². The summed E-state index contributed by atoms with van der Waals surface area (Å²) in [6, 6.07) is 1.48. The van der Waals surface area contributed by atoms with E-state index in [1.165, 1.54) is 58.2 Å². The molecule has 0 aromatic heterocycles. The van der Waals surface area contributed by atoms with Gasteiger partial charge in [0.25, 0.3) is 0 Å². The Kier molecular flexibility index (Phi) is 6.35. The third-order valence-electron chi connectivity index (χ3n) is 5.79. The van der Waals surface area contributed by atoms with Gasteiger partial charge in [-0.3, -0.25) is 0 Å².